The first-order chi connectivity index (χ1) is 9.12. The van der Waals surface area contributed by atoms with Gasteiger partial charge >= 0.3 is 0 Å². The summed E-state index contributed by atoms with van der Waals surface area (Å²) in [6, 6.07) is 2.04. The van der Waals surface area contributed by atoms with E-state index in [0.717, 1.165) is 12.8 Å². The van der Waals surface area contributed by atoms with Crippen LogP contribution in [0.1, 0.15) is 25.8 Å². The van der Waals surface area contributed by atoms with Crippen molar-refractivity contribution in [3.05, 3.63) is 12.7 Å². The minimum absolute atomic E-state index is 0.0399. The first kappa shape index (κ1) is 13.9. The molecule has 0 radical (unpaired) electrons. The molecule has 1 unspecified atom stereocenters. The third-order valence-electron chi connectivity index (χ3n) is 3.67. The summed E-state index contributed by atoms with van der Waals surface area (Å²) in [5.41, 5.74) is 0. The molecule has 1 amide bonds. The van der Waals surface area contributed by atoms with Gasteiger partial charge < -0.3 is 4.90 Å². The molecular weight excluding hydrogens is 262 g/mol. The zero-order valence-corrected chi connectivity index (χ0v) is 11.9. The van der Waals surface area contributed by atoms with Crippen molar-refractivity contribution in [3.63, 3.8) is 0 Å². The van der Waals surface area contributed by atoms with E-state index in [-0.39, 0.29) is 16.7 Å². The van der Waals surface area contributed by atoms with Crippen LogP contribution in [-0.2, 0) is 4.79 Å². The predicted octanol–water partition coefficient (Wildman–Crippen LogP) is 1.09. The molecule has 0 saturated carbocycles. The van der Waals surface area contributed by atoms with Gasteiger partial charge in [0.25, 0.3) is 0 Å². The average Bonchev–Trinajstić information content (AvgIpc) is 3.00. The van der Waals surface area contributed by atoms with Gasteiger partial charge in [0.2, 0.25) is 5.91 Å². The number of piperidine rings is 1. The molecule has 102 valence electrons. The molecule has 1 atom stereocenters. The number of amides is 1. The van der Waals surface area contributed by atoms with Crippen molar-refractivity contribution in [2.75, 3.05) is 19.3 Å². The Hall–Kier alpha value is -1.55. The molecule has 1 fully saturated rings. The van der Waals surface area contributed by atoms with E-state index in [1.165, 1.54) is 6.33 Å². The molecule has 0 bridgehead atoms. The van der Waals surface area contributed by atoms with Crippen molar-refractivity contribution in [1.29, 1.82) is 5.26 Å². The molecule has 1 saturated heterocycles. The van der Waals surface area contributed by atoms with E-state index < -0.39 is 0 Å². The van der Waals surface area contributed by atoms with Crippen molar-refractivity contribution < 1.29 is 4.79 Å². The summed E-state index contributed by atoms with van der Waals surface area (Å²) in [6.45, 7) is 3.08. The maximum absolute atomic E-state index is 12.3. The number of nitriles is 1. The normalized spacial score (nSPS) is 19.7. The molecular formula is C12H17N5OS. The number of likely N-dealkylation sites (tertiary alicyclic amines) is 1. The second-order valence-electron chi connectivity index (χ2n) is 4.69. The van der Waals surface area contributed by atoms with E-state index >= 15 is 0 Å². The second-order valence-corrected chi connectivity index (χ2v) is 5.88. The summed E-state index contributed by atoms with van der Waals surface area (Å²) in [5, 5.41) is 13.2. The maximum Gasteiger partial charge on any atom is 0.247 e. The van der Waals surface area contributed by atoms with Gasteiger partial charge in [0.1, 0.15) is 23.4 Å². The van der Waals surface area contributed by atoms with Crippen molar-refractivity contribution in [3.8, 4) is 6.07 Å². The Balaban J connectivity index is 1.98. The van der Waals surface area contributed by atoms with Crippen LogP contribution >= 0.6 is 11.8 Å². The molecule has 1 aromatic rings. The van der Waals surface area contributed by atoms with Gasteiger partial charge in [-0.2, -0.15) is 10.4 Å². The lowest BCUT2D eigenvalue weighted by Crippen LogP contribution is -2.46. The number of rotatable bonds is 3. The van der Waals surface area contributed by atoms with Gasteiger partial charge in [0, 0.05) is 13.1 Å². The molecule has 1 aliphatic heterocycles. The molecule has 6 nitrogen and oxygen atoms in total. The van der Waals surface area contributed by atoms with E-state index in [1.54, 1.807) is 22.8 Å². The number of aromatic nitrogens is 3. The number of hydrogen-bond acceptors (Lipinski definition) is 5. The fourth-order valence-electron chi connectivity index (χ4n) is 2.24. The Morgan fingerprint density at radius 3 is 2.68 bits per heavy atom. The summed E-state index contributed by atoms with van der Waals surface area (Å²) in [4.78, 5) is 18.0. The Bertz CT molecular complexity index is 473. The molecule has 0 aromatic carbocycles. The zero-order chi connectivity index (χ0) is 13.9. The SMILES string of the molecule is CSC1(C#N)CCN(C(=O)C(C)n2cncn2)CC1. The van der Waals surface area contributed by atoms with Crippen LogP contribution in [-0.4, -0.2) is 49.7 Å². The standard InChI is InChI=1S/C12H17N5OS/c1-10(17-9-14-8-15-17)11(18)16-5-3-12(7-13,19-2)4-6-16/h8-10H,3-6H2,1-2H3. The second kappa shape index (κ2) is 5.61. The van der Waals surface area contributed by atoms with Crippen LogP contribution in [0.15, 0.2) is 12.7 Å². The molecule has 2 heterocycles. The first-order valence-electron chi connectivity index (χ1n) is 6.21. The molecule has 2 rings (SSSR count). The largest absolute Gasteiger partial charge is 0.341 e. The van der Waals surface area contributed by atoms with Crippen LogP contribution < -0.4 is 0 Å². The number of nitrogens with zero attached hydrogens (tertiary/aromatic N) is 5. The third-order valence-corrected chi connectivity index (χ3v) is 4.95. The fraction of sp³-hybridized carbons (Fsp3) is 0.667. The van der Waals surface area contributed by atoms with Crippen LogP contribution in [0.4, 0.5) is 0 Å². The van der Waals surface area contributed by atoms with Crippen LogP contribution in [0.25, 0.3) is 0 Å². The van der Waals surface area contributed by atoms with Gasteiger partial charge in [0.15, 0.2) is 0 Å². The quantitative estimate of drug-likeness (QED) is 0.828. The number of hydrogen-bond donors (Lipinski definition) is 0. The maximum atomic E-state index is 12.3. The Labute approximate surface area is 116 Å². The van der Waals surface area contributed by atoms with E-state index in [1.807, 2.05) is 18.1 Å². The van der Waals surface area contributed by atoms with Crippen molar-refractivity contribution in [2.45, 2.75) is 30.6 Å². The number of thioether (sulfide) groups is 1. The average molecular weight is 279 g/mol. The summed E-state index contributed by atoms with van der Waals surface area (Å²) in [6.07, 6.45) is 6.38. The van der Waals surface area contributed by atoms with E-state index in [4.69, 9.17) is 0 Å². The van der Waals surface area contributed by atoms with Crippen LogP contribution in [0.3, 0.4) is 0 Å². The van der Waals surface area contributed by atoms with Crippen LogP contribution in [0.5, 0.6) is 0 Å². The lowest BCUT2D eigenvalue weighted by molar-refractivity contribution is -0.135. The highest BCUT2D eigenvalue weighted by Crippen LogP contribution is 2.34. The fourth-order valence-corrected chi connectivity index (χ4v) is 2.93. The number of carbonyl (C=O) groups excluding carboxylic acids is 1. The number of carbonyl (C=O) groups is 1. The van der Waals surface area contributed by atoms with Crippen LogP contribution in [0.2, 0.25) is 0 Å². The van der Waals surface area contributed by atoms with Gasteiger partial charge in [0.05, 0.1) is 6.07 Å². The van der Waals surface area contributed by atoms with Gasteiger partial charge in [-0.1, -0.05) is 0 Å². The lowest BCUT2D eigenvalue weighted by atomic mass is 9.97. The summed E-state index contributed by atoms with van der Waals surface area (Å²) in [7, 11) is 0. The van der Waals surface area contributed by atoms with Crippen LogP contribution in [0, 0.1) is 11.3 Å². The van der Waals surface area contributed by atoms with E-state index in [0.29, 0.717) is 13.1 Å². The van der Waals surface area contributed by atoms with Crippen molar-refractivity contribution >= 4 is 17.7 Å². The molecule has 1 aromatic heterocycles. The first-order valence-corrected chi connectivity index (χ1v) is 7.44. The molecule has 0 spiro atoms. The minimum atomic E-state index is -0.341. The van der Waals surface area contributed by atoms with E-state index in [2.05, 4.69) is 16.2 Å². The molecule has 1 aliphatic rings. The highest BCUT2D eigenvalue weighted by molar-refractivity contribution is 8.00. The highest BCUT2D eigenvalue weighted by Gasteiger charge is 2.36. The predicted molar refractivity (Wildman–Crippen MR) is 72.4 cm³/mol. The minimum Gasteiger partial charge on any atom is -0.341 e. The Kier molecular flexibility index (Phi) is 4.10. The van der Waals surface area contributed by atoms with Gasteiger partial charge in [-0.3, -0.25) is 4.79 Å². The smallest absolute Gasteiger partial charge is 0.247 e. The lowest BCUT2D eigenvalue weighted by Gasteiger charge is -2.37. The monoisotopic (exact) mass is 279 g/mol. The van der Waals surface area contributed by atoms with Gasteiger partial charge in [-0.05, 0) is 26.0 Å². The third kappa shape index (κ3) is 2.73. The summed E-state index contributed by atoms with van der Waals surface area (Å²) >= 11 is 1.59. The Morgan fingerprint density at radius 1 is 1.53 bits per heavy atom. The molecule has 0 aliphatic carbocycles. The molecule has 0 N–H and O–H groups in total. The van der Waals surface area contributed by atoms with Crippen molar-refractivity contribution in [1.82, 2.24) is 19.7 Å². The highest BCUT2D eigenvalue weighted by atomic mass is 32.2. The molecule has 7 heteroatoms. The van der Waals surface area contributed by atoms with Gasteiger partial charge in [-0.15, -0.1) is 11.8 Å². The molecule has 19 heavy (non-hydrogen) atoms. The van der Waals surface area contributed by atoms with Gasteiger partial charge in [-0.25, -0.2) is 9.67 Å². The van der Waals surface area contributed by atoms with Crippen molar-refractivity contribution in [2.24, 2.45) is 0 Å². The Morgan fingerprint density at radius 2 is 2.21 bits per heavy atom. The summed E-state index contributed by atoms with van der Waals surface area (Å²) < 4.78 is 1.23. The van der Waals surface area contributed by atoms with E-state index in [9.17, 15) is 10.1 Å². The summed E-state index contributed by atoms with van der Waals surface area (Å²) in [5.74, 6) is 0.0399. The zero-order valence-electron chi connectivity index (χ0n) is 11.1. The topological polar surface area (TPSA) is 74.8 Å².